The number of benzene rings is 1. The van der Waals surface area contributed by atoms with E-state index in [1.807, 2.05) is 31.2 Å². The van der Waals surface area contributed by atoms with Crippen LogP contribution in [0.4, 0.5) is 25.0 Å². The number of ether oxygens (including phenoxy) is 1. The Kier molecular flexibility index (Phi) is 8.25. The Bertz CT molecular complexity index is 1030. The number of halogens is 2. The number of nitrogens with one attached hydrogen (secondary N) is 1. The Balaban J connectivity index is 1.98. The summed E-state index contributed by atoms with van der Waals surface area (Å²) < 4.78 is 32.1. The van der Waals surface area contributed by atoms with E-state index in [9.17, 15) is 18.4 Å². The van der Waals surface area contributed by atoms with Gasteiger partial charge in [-0.2, -0.15) is 8.78 Å². The van der Waals surface area contributed by atoms with Crippen LogP contribution in [-0.2, 0) is 11.2 Å². The second kappa shape index (κ2) is 11.1. The summed E-state index contributed by atoms with van der Waals surface area (Å²) in [4.78, 5) is 34.0. The number of urea groups is 1. The van der Waals surface area contributed by atoms with Gasteiger partial charge in [0, 0.05) is 44.7 Å². The molecule has 0 saturated carbocycles. The Morgan fingerprint density at radius 2 is 1.88 bits per heavy atom. The van der Waals surface area contributed by atoms with E-state index in [1.54, 1.807) is 22.8 Å². The summed E-state index contributed by atoms with van der Waals surface area (Å²) in [5.41, 5.74) is 2.29. The molecule has 1 N–H and O–H groups in total. The SMILES string of the molecule is CCc1ccccc1N(C(=O)Nc1ccc(C)[n+](OC)c1OC(F)F)C1CCN(C(C)=O)CC1. The summed E-state index contributed by atoms with van der Waals surface area (Å²) in [7, 11) is 1.32. The molecule has 0 radical (unpaired) electrons. The number of rotatable bonds is 7. The van der Waals surface area contributed by atoms with Gasteiger partial charge in [-0.15, -0.1) is 0 Å². The molecule has 0 atom stereocenters. The summed E-state index contributed by atoms with van der Waals surface area (Å²) in [6, 6.07) is 10.1. The van der Waals surface area contributed by atoms with Gasteiger partial charge in [-0.3, -0.25) is 19.8 Å². The zero-order chi connectivity index (χ0) is 24.8. The summed E-state index contributed by atoms with van der Waals surface area (Å²) >= 11 is 0. The first kappa shape index (κ1) is 25.2. The number of anilines is 2. The molecular weight excluding hydrogens is 446 g/mol. The molecule has 1 fully saturated rings. The average Bonchev–Trinajstić information content (AvgIpc) is 2.81. The maximum absolute atomic E-state index is 13.7. The van der Waals surface area contributed by atoms with Gasteiger partial charge in [-0.1, -0.05) is 25.1 Å². The Labute approximate surface area is 198 Å². The quantitative estimate of drug-likeness (QED) is 0.619. The first-order chi connectivity index (χ1) is 16.3. The lowest BCUT2D eigenvalue weighted by molar-refractivity contribution is -0.891. The molecule has 0 unspecified atom stereocenters. The van der Waals surface area contributed by atoms with Crippen molar-refractivity contribution in [2.24, 2.45) is 0 Å². The van der Waals surface area contributed by atoms with Crippen molar-refractivity contribution in [1.82, 2.24) is 4.90 Å². The summed E-state index contributed by atoms with van der Waals surface area (Å²) in [5, 5.41) is 2.75. The number of para-hydroxylation sites is 1. The third-order valence-electron chi connectivity index (χ3n) is 5.98. The highest BCUT2D eigenvalue weighted by Crippen LogP contribution is 2.30. The molecule has 0 aliphatic carbocycles. The molecule has 184 valence electrons. The number of aryl methyl sites for hydroxylation is 2. The second-order valence-electron chi connectivity index (χ2n) is 8.07. The molecule has 1 aromatic carbocycles. The molecule has 3 amide bonds. The van der Waals surface area contributed by atoms with Crippen molar-refractivity contribution in [3.05, 3.63) is 47.7 Å². The maximum atomic E-state index is 13.7. The van der Waals surface area contributed by atoms with Gasteiger partial charge in [0.1, 0.15) is 7.11 Å². The van der Waals surface area contributed by atoms with E-state index in [4.69, 9.17) is 9.57 Å². The monoisotopic (exact) mass is 477 g/mol. The van der Waals surface area contributed by atoms with Crippen molar-refractivity contribution < 1.29 is 32.7 Å². The molecule has 0 bridgehead atoms. The molecule has 0 spiro atoms. The molecule has 2 heterocycles. The fourth-order valence-electron chi connectivity index (χ4n) is 4.26. The number of hydrogen-bond acceptors (Lipinski definition) is 4. The van der Waals surface area contributed by atoms with Crippen LogP contribution >= 0.6 is 0 Å². The standard InChI is InChI=1S/C24H30F2N4O4/c1-5-18-8-6-7-9-21(18)29(19-12-14-28(15-13-19)17(3)31)24(32)27-20-11-10-16(2)30(33-4)22(20)34-23(25)26/h6-11,19,23H,5,12-15H2,1-4H3/p+1. The van der Waals surface area contributed by atoms with E-state index in [2.05, 4.69) is 5.32 Å². The van der Waals surface area contributed by atoms with Crippen molar-refractivity contribution in [2.45, 2.75) is 52.7 Å². The number of carbonyl (C=O) groups excluding carboxylic acids is 2. The predicted octanol–water partition coefficient (Wildman–Crippen LogP) is 3.55. The van der Waals surface area contributed by atoms with Crippen molar-refractivity contribution in [3.63, 3.8) is 0 Å². The van der Waals surface area contributed by atoms with Crippen LogP contribution in [0.5, 0.6) is 5.88 Å². The Hall–Kier alpha value is -3.43. The number of likely N-dealkylation sites (tertiary alicyclic amines) is 1. The summed E-state index contributed by atoms with van der Waals surface area (Å²) in [6.07, 6.45) is 1.90. The third-order valence-corrected chi connectivity index (χ3v) is 5.98. The van der Waals surface area contributed by atoms with Crippen molar-refractivity contribution in [1.29, 1.82) is 0 Å². The number of carbonyl (C=O) groups is 2. The molecule has 34 heavy (non-hydrogen) atoms. The Morgan fingerprint density at radius 3 is 2.47 bits per heavy atom. The van der Waals surface area contributed by atoms with Crippen LogP contribution in [0.2, 0.25) is 0 Å². The summed E-state index contributed by atoms with van der Waals surface area (Å²) in [5.74, 6) is -0.304. The summed E-state index contributed by atoms with van der Waals surface area (Å²) in [6.45, 7) is 3.16. The average molecular weight is 478 g/mol. The fraction of sp³-hybridized carbons (Fsp3) is 0.458. The third kappa shape index (κ3) is 5.55. The lowest BCUT2D eigenvalue weighted by Gasteiger charge is -2.39. The van der Waals surface area contributed by atoms with Gasteiger partial charge in [-0.25, -0.2) is 4.79 Å². The highest BCUT2D eigenvalue weighted by Gasteiger charge is 2.33. The maximum Gasteiger partial charge on any atom is 0.445 e. The molecular formula is C24H31F2N4O4+. The largest absolute Gasteiger partial charge is 0.445 e. The second-order valence-corrected chi connectivity index (χ2v) is 8.07. The van der Waals surface area contributed by atoms with Gasteiger partial charge in [0.15, 0.2) is 5.69 Å². The highest BCUT2D eigenvalue weighted by atomic mass is 19.3. The Morgan fingerprint density at radius 1 is 1.21 bits per heavy atom. The van der Waals surface area contributed by atoms with Crippen molar-refractivity contribution in [3.8, 4) is 5.88 Å². The first-order valence-corrected chi connectivity index (χ1v) is 11.2. The number of alkyl halides is 2. The molecule has 1 saturated heterocycles. The van der Waals surface area contributed by atoms with Crippen LogP contribution in [0.15, 0.2) is 36.4 Å². The zero-order valence-electron chi connectivity index (χ0n) is 19.9. The molecule has 3 rings (SSSR count). The predicted molar refractivity (Wildman–Crippen MR) is 123 cm³/mol. The number of hydrogen-bond donors (Lipinski definition) is 1. The van der Waals surface area contributed by atoms with Crippen LogP contribution in [0.25, 0.3) is 0 Å². The van der Waals surface area contributed by atoms with E-state index >= 15 is 0 Å². The molecule has 10 heteroatoms. The number of pyridine rings is 1. The topological polar surface area (TPSA) is 75.0 Å². The fourth-order valence-corrected chi connectivity index (χ4v) is 4.26. The van der Waals surface area contributed by atoms with Crippen molar-refractivity contribution >= 4 is 23.3 Å². The number of aromatic nitrogens is 1. The minimum Gasteiger partial charge on any atom is -0.376 e. The number of nitrogens with zero attached hydrogens (tertiary/aromatic N) is 3. The number of amides is 3. The minimum absolute atomic E-state index is 0.000902. The molecule has 2 aromatic rings. The van der Waals surface area contributed by atoms with Gasteiger partial charge in [0.25, 0.3) is 0 Å². The lowest BCUT2D eigenvalue weighted by Crippen LogP contribution is -2.51. The highest BCUT2D eigenvalue weighted by molar-refractivity contribution is 6.03. The lowest BCUT2D eigenvalue weighted by atomic mass is 10.0. The molecule has 1 aliphatic rings. The van der Waals surface area contributed by atoms with E-state index in [0.29, 0.717) is 38.0 Å². The normalized spacial score (nSPS) is 14.1. The van der Waals surface area contributed by atoms with E-state index in [-0.39, 0.29) is 23.5 Å². The van der Waals surface area contributed by atoms with Gasteiger partial charge >= 0.3 is 18.5 Å². The van der Waals surface area contributed by atoms with Crippen LogP contribution in [0, 0.1) is 6.92 Å². The minimum atomic E-state index is -3.10. The van der Waals surface area contributed by atoms with Crippen LogP contribution in [-0.4, -0.2) is 49.7 Å². The zero-order valence-corrected chi connectivity index (χ0v) is 19.9. The van der Waals surface area contributed by atoms with E-state index in [0.717, 1.165) is 16.0 Å². The van der Waals surface area contributed by atoms with Crippen LogP contribution in [0.3, 0.4) is 0 Å². The van der Waals surface area contributed by atoms with E-state index < -0.39 is 12.6 Å². The van der Waals surface area contributed by atoms with Gasteiger partial charge < -0.3 is 9.64 Å². The first-order valence-electron chi connectivity index (χ1n) is 11.2. The number of piperidine rings is 1. The van der Waals surface area contributed by atoms with Gasteiger partial charge in [0.2, 0.25) is 11.6 Å². The van der Waals surface area contributed by atoms with Crippen LogP contribution in [0.1, 0.15) is 37.9 Å². The molecule has 1 aliphatic heterocycles. The van der Waals surface area contributed by atoms with Gasteiger partial charge in [0.05, 0.1) is 4.73 Å². The van der Waals surface area contributed by atoms with Gasteiger partial charge in [-0.05, 0) is 37.0 Å². The molecule has 1 aromatic heterocycles. The van der Waals surface area contributed by atoms with Crippen molar-refractivity contribution in [2.75, 3.05) is 30.4 Å². The smallest absolute Gasteiger partial charge is 0.376 e. The van der Waals surface area contributed by atoms with Crippen LogP contribution < -0.4 is 24.5 Å². The molecule has 8 nitrogen and oxygen atoms in total. The van der Waals surface area contributed by atoms with E-state index in [1.165, 1.54) is 20.1 Å².